The highest BCUT2D eigenvalue weighted by atomic mass is 32.2. The minimum Gasteiger partial charge on any atom is -0.452 e. The lowest BCUT2D eigenvalue weighted by Gasteiger charge is -2.15. The van der Waals surface area contributed by atoms with Crippen LogP contribution in [0, 0.1) is 18.7 Å². The van der Waals surface area contributed by atoms with Gasteiger partial charge in [0, 0.05) is 5.69 Å². The fourth-order valence-electron chi connectivity index (χ4n) is 2.22. The molecule has 0 radical (unpaired) electrons. The highest BCUT2D eigenvalue weighted by Gasteiger charge is 2.35. The summed E-state index contributed by atoms with van der Waals surface area (Å²) in [7, 11) is -3.20. The molecule has 0 spiro atoms. The monoisotopic (exact) mass is 343 g/mol. The Kier molecular flexibility index (Phi) is 5.03. The van der Waals surface area contributed by atoms with Crippen molar-refractivity contribution in [3.63, 3.8) is 0 Å². The Morgan fingerprint density at radius 1 is 1.39 bits per heavy atom. The van der Waals surface area contributed by atoms with Gasteiger partial charge in [-0.3, -0.25) is 9.59 Å². The van der Waals surface area contributed by atoms with E-state index in [2.05, 4.69) is 5.32 Å². The van der Waals surface area contributed by atoms with Gasteiger partial charge in [0.2, 0.25) is 0 Å². The lowest BCUT2D eigenvalue weighted by atomic mass is 10.1. The Balaban J connectivity index is 1.92. The van der Waals surface area contributed by atoms with Gasteiger partial charge in [-0.25, -0.2) is 12.8 Å². The van der Waals surface area contributed by atoms with Crippen LogP contribution in [0.25, 0.3) is 0 Å². The van der Waals surface area contributed by atoms with E-state index in [4.69, 9.17) is 4.74 Å². The second-order valence-corrected chi connectivity index (χ2v) is 7.86. The van der Waals surface area contributed by atoms with Crippen molar-refractivity contribution in [2.24, 2.45) is 5.92 Å². The number of benzene rings is 1. The summed E-state index contributed by atoms with van der Waals surface area (Å²) in [6.07, 6.45) is -0.895. The molecule has 0 aromatic heterocycles. The summed E-state index contributed by atoms with van der Waals surface area (Å²) < 4.78 is 41.1. The van der Waals surface area contributed by atoms with Crippen molar-refractivity contribution in [3.8, 4) is 0 Å². The number of esters is 1. The van der Waals surface area contributed by atoms with E-state index in [1.54, 1.807) is 6.92 Å². The van der Waals surface area contributed by atoms with Gasteiger partial charge in [0.25, 0.3) is 5.91 Å². The van der Waals surface area contributed by atoms with Gasteiger partial charge in [0.05, 0.1) is 17.4 Å². The molecule has 1 N–H and O–H groups in total. The van der Waals surface area contributed by atoms with E-state index in [9.17, 15) is 22.4 Å². The summed E-state index contributed by atoms with van der Waals surface area (Å²) in [5.74, 6) is -2.79. The number of carbonyl (C=O) groups is 2. The largest absolute Gasteiger partial charge is 0.452 e. The summed E-state index contributed by atoms with van der Waals surface area (Å²) in [4.78, 5) is 23.8. The van der Waals surface area contributed by atoms with Crippen LogP contribution in [0.4, 0.5) is 10.1 Å². The molecule has 6 nitrogen and oxygen atoms in total. The lowest BCUT2D eigenvalue weighted by Crippen LogP contribution is -2.32. The van der Waals surface area contributed by atoms with Crippen molar-refractivity contribution < 1.29 is 27.1 Å². The third-order valence-corrected chi connectivity index (χ3v) is 5.44. The third-order valence-electron chi connectivity index (χ3n) is 3.67. The van der Waals surface area contributed by atoms with Crippen LogP contribution in [0.15, 0.2) is 18.2 Å². The molecule has 1 heterocycles. The number of aryl methyl sites for hydroxylation is 1. The topological polar surface area (TPSA) is 89.5 Å². The van der Waals surface area contributed by atoms with Crippen molar-refractivity contribution in [1.82, 2.24) is 0 Å². The van der Waals surface area contributed by atoms with Gasteiger partial charge in [-0.1, -0.05) is 6.07 Å². The molecule has 126 valence electrons. The van der Waals surface area contributed by atoms with E-state index in [1.165, 1.54) is 25.1 Å². The molecule has 0 bridgehead atoms. The molecule has 1 aromatic rings. The van der Waals surface area contributed by atoms with Gasteiger partial charge in [-0.15, -0.1) is 0 Å². The number of sulfone groups is 1. The van der Waals surface area contributed by atoms with E-state index in [0.29, 0.717) is 5.56 Å². The first-order valence-electron chi connectivity index (χ1n) is 7.16. The van der Waals surface area contributed by atoms with Gasteiger partial charge in [-0.2, -0.15) is 0 Å². The second kappa shape index (κ2) is 6.66. The molecule has 1 aliphatic rings. The molecule has 1 saturated heterocycles. The van der Waals surface area contributed by atoms with Crippen molar-refractivity contribution in [3.05, 3.63) is 29.6 Å². The SMILES string of the molecule is Cc1ccc(NC(=O)C(C)OC(=O)C2CCS(=O)(=O)C2)cc1F. The standard InChI is InChI=1S/C15H18FNO5S/c1-9-3-4-12(7-13(9)16)17-14(18)10(2)22-15(19)11-5-6-23(20,21)8-11/h3-4,7,10-11H,5-6,8H2,1-2H3,(H,17,18). The van der Waals surface area contributed by atoms with Crippen LogP contribution in [-0.2, 0) is 24.2 Å². The van der Waals surface area contributed by atoms with Gasteiger partial charge in [-0.05, 0) is 38.0 Å². The van der Waals surface area contributed by atoms with E-state index in [-0.39, 0.29) is 23.6 Å². The fourth-order valence-corrected chi connectivity index (χ4v) is 3.95. The molecular formula is C15H18FNO5S. The number of carbonyl (C=O) groups excluding carboxylic acids is 2. The molecular weight excluding hydrogens is 325 g/mol. The fraction of sp³-hybridized carbons (Fsp3) is 0.467. The molecule has 2 unspecified atom stereocenters. The summed E-state index contributed by atoms with van der Waals surface area (Å²) >= 11 is 0. The maximum absolute atomic E-state index is 13.4. The quantitative estimate of drug-likeness (QED) is 0.836. The van der Waals surface area contributed by atoms with Gasteiger partial charge in [0.15, 0.2) is 15.9 Å². The number of amides is 1. The van der Waals surface area contributed by atoms with Crippen LogP contribution < -0.4 is 5.32 Å². The third kappa shape index (κ3) is 4.51. The van der Waals surface area contributed by atoms with Crippen molar-refractivity contribution in [2.45, 2.75) is 26.4 Å². The van der Waals surface area contributed by atoms with Crippen LogP contribution in [0.3, 0.4) is 0 Å². The van der Waals surface area contributed by atoms with Crippen LogP contribution in [0.2, 0.25) is 0 Å². The zero-order chi connectivity index (χ0) is 17.2. The van der Waals surface area contributed by atoms with E-state index >= 15 is 0 Å². The van der Waals surface area contributed by atoms with Crippen LogP contribution in [0.1, 0.15) is 18.9 Å². The molecule has 1 fully saturated rings. The number of hydrogen-bond acceptors (Lipinski definition) is 5. The zero-order valence-electron chi connectivity index (χ0n) is 12.8. The Hall–Kier alpha value is -1.96. The van der Waals surface area contributed by atoms with Gasteiger partial charge in [0.1, 0.15) is 5.82 Å². The molecule has 1 amide bonds. The maximum Gasteiger partial charge on any atom is 0.310 e. The molecule has 0 saturated carbocycles. The molecule has 0 aliphatic carbocycles. The average Bonchev–Trinajstić information content (AvgIpc) is 2.83. The minimum atomic E-state index is -3.20. The molecule has 2 rings (SSSR count). The number of anilines is 1. The Bertz CT molecular complexity index is 731. The van der Waals surface area contributed by atoms with Crippen LogP contribution in [0.5, 0.6) is 0 Å². The Labute approximate surface area is 133 Å². The van der Waals surface area contributed by atoms with Crippen molar-refractivity contribution >= 4 is 27.4 Å². The first-order valence-corrected chi connectivity index (χ1v) is 8.98. The van der Waals surface area contributed by atoms with Crippen LogP contribution >= 0.6 is 0 Å². The molecule has 23 heavy (non-hydrogen) atoms. The number of rotatable bonds is 4. The Morgan fingerprint density at radius 2 is 2.09 bits per heavy atom. The van der Waals surface area contributed by atoms with Crippen molar-refractivity contribution in [2.75, 3.05) is 16.8 Å². The minimum absolute atomic E-state index is 0.0456. The van der Waals surface area contributed by atoms with Gasteiger partial charge < -0.3 is 10.1 Å². The number of halogens is 1. The zero-order valence-corrected chi connectivity index (χ0v) is 13.7. The average molecular weight is 343 g/mol. The first kappa shape index (κ1) is 17.4. The van der Waals surface area contributed by atoms with Crippen LogP contribution in [-0.4, -0.2) is 37.9 Å². The second-order valence-electron chi connectivity index (χ2n) is 5.63. The normalized spacial score (nSPS) is 20.7. The highest BCUT2D eigenvalue weighted by Crippen LogP contribution is 2.20. The van der Waals surface area contributed by atoms with Crippen molar-refractivity contribution in [1.29, 1.82) is 0 Å². The van der Waals surface area contributed by atoms with E-state index in [1.807, 2.05) is 0 Å². The van der Waals surface area contributed by atoms with Gasteiger partial charge >= 0.3 is 5.97 Å². The summed E-state index contributed by atoms with van der Waals surface area (Å²) in [5.41, 5.74) is 0.703. The number of hydrogen-bond donors (Lipinski definition) is 1. The molecule has 8 heteroatoms. The predicted molar refractivity (Wildman–Crippen MR) is 82.1 cm³/mol. The molecule has 1 aliphatic heterocycles. The smallest absolute Gasteiger partial charge is 0.310 e. The predicted octanol–water partition coefficient (Wildman–Crippen LogP) is 1.44. The van der Waals surface area contributed by atoms with E-state index < -0.39 is 39.6 Å². The summed E-state index contributed by atoms with van der Waals surface area (Å²) in [6.45, 7) is 2.97. The molecule has 1 aromatic carbocycles. The molecule has 2 atom stereocenters. The highest BCUT2D eigenvalue weighted by molar-refractivity contribution is 7.91. The number of ether oxygens (including phenoxy) is 1. The van der Waals surface area contributed by atoms with E-state index in [0.717, 1.165) is 0 Å². The summed E-state index contributed by atoms with van der Waals surface area (Å²) in [6, 6.07) is 4.23. The lowest BCUT2D eigenvalue weighted by molar-refractivity contribution is -0.156. The number of nitrogens with one attached hydrogen (secondary N) is 1. The maximum atomic E-state index is 13.4. The first-order chi connectivity index (χ1) is 10.7. The summed E-state index contributed by atoms with van der Waals surface area (Å²) in [5, 5.41) is 2.45. The Morgan fingerprint density at radius 3 is 2.65 bits per heavy atom.